The molecule has 3 rings (SSSR count). The molecule has 2 N–H and O–H groups in total. The van der Waals surface area contributed by atoms with Crippen LogP contribution in [0, 0.1) is 0 Å². The van der Waals surface area contributed by atoms with Gasteiger partial charge in [0.15, 0.2) is 0 Å². The number of benzene rings is 1. The SMILES string of the molecule is Nc1cccc2c1CN(C1CCSC1)C2. The highest BCUT2D eigenvalue weighted by molar-refractivity contribution is 7.99. The highest BCUT2D eigenvalue weighted by Crippen LogP contribution is 2.32. The lowest BCUT2D eigenvalue weighted by Crippen LogP contribution is -2.30. The standard InChI is InChI=1S/C12H16N2S/c13-12-3-1-2-9-6-14(7-11(9)12)10-4-5-15-8-10/h1-3,10H,4-8,13H2. The van der Waals surface area contributed by atoms with Crippen LogP contribution in [0.4, 0.5) is 5.69 Å². The van der Waals surface area contributed by atoms with E-state index >= 15 is 0 Å². The van der Waals surface area contributed by atoms with E-state index in [1.54, 1.807) is 0 Å². The lowest BCUT2D eigenvalue weighted by atomic mass is 10.1. The summed E-state index contributed by atoms with van der Waals surface area (Å²) in [5.74, 6) is 2.63. The van der Waals surface area contributed by atoms with Gasteiger partial charge in [-0.25, -0.2) is 0 Å². The van der Waals surface area contributed by atoms with Crippen molar-refractivity contribution in [2.24, 2.45) is 0 Å². The van der Waals surface area contributed by atoms with Gasteiger partial charge in [-0.3, -0.25) is 4.90 Å². The van der Waals surface area contributed by atoms with Crippen molar-refractivity contribution >= 4 is 17.4 Å². The molecule has 0 aromatic heterocycles. The number of hydrogen-bond donors (Lipinski definition) is 1. The molecule has 1 saturated heterocycles. The van der Waals surface area contributed by atoms with Crippen LogP contribution >= 0.6 is 11.8 Å². The fourth-order valence-corrected chi connectivity index (χ4v) is 3.80. The first-order valence-electron chi connectivity index (χ1n) is 5.52. The molecule has 2 aliphatic heterocycles. The van der Waals surface area contributed by atoms with Crippen LogP contribution in [-0.2, 0) is 13.1 Å². The van der Waals surface area contributed by atoms with E-state index in [0.717, 1.165) is 24.8 Å². The van der Waals surface area contributed by atoms with Gasteiger partial charge in [-0.05, 0) is 29.4 Å². The van der Waals surface area contributed by atoms with Gasteiger partial charge in [-0.1, -0.05) is 12.1 Å². The monoisotopic (exact) mass is 220 g/mol. The fraction of sp³-hybridized carbons (Fsp3) is 0.500. The van der Waals surface area contributed by atoms with Crippen LogP contribution in [0.1, 0.15) is 17.5 Å². The van der Waals surface area contributed by atoms with E-state index in [4.69, 9.17) is 5.73 Å². The minimum atomic E-state index is 0.779. The Balaban J connectivity index is 1.82. The van der Waals surface area contributed by atoms with E-state index in [0.29, 0.717) is 0 Å². The van der Waals surface area contributed by atoms with Crippen LogP contribution in [0.3, 0.4) is 0 Å². The molecule has 2 aliphatic rings. The molecule has 1 fully saturated rings. The third-order valence-corrected chi connectivity index (χ3v) is 4.61. The number of thioether (sulfide) groups is 1. The number of fused-ring (bicyclic) bond motifs is 1. The van der Waals surface area contributed by atoms with Crippen molar-refractivity contribution < 1.29 is 0 Å². The fourth-order valence-electron chi connectivity index (χ4n) is 2.54. The Hall–Kier alpha value is -0.670. The van der Waals surface area contributed by atoms with Crippen molar-refractivity contribution in [3.05, 3.63) is 29.3 Å². The number of rotatable bonds is 1. The Bertz CT molecular complexity index is 372. The third kappa shape index (κ3) is 1.64. The Labute approximate surface area is 94.8 Å². The highest BCUT2D eigenvalue weighted by atomic mass is 32.2. The minimum absolute atomic E-state index is 0.779. The molecule has 3 heteroatoms. The maximum Gasteiger partial charge on any atom is 0.0363 e. The van der Waals surface area contributed by atoms with E-state index < -0.39 is 0 Å². The van der Waals surface area contributed by atoms with Gasteiger partial charge in [0.05, 0.1) is 0 Å². The first-order chi connectivity index (χ1) is 7.34. The molecule has 0 amide bonds. The number of hydrogen-bond acceptors (Lipinski definition) is 3. The predicted octanol–water partition coefficient (Wildman–Crippen LogP) is 2.09. The molecular formula is C12H16N2S. The smallest absolute Gasteiger partial charge is 0.0363 e. The second kappa shape index (κ2) is 3.72. The quantitative estimate of drug-likeness (QED) is 0.735. The van der Waals surface area contributed by atoms with Crippen molar-refractivity contribution in [2.45, 2.75) is 25.6 Å². The Morgan fingerprint density at radius 2 is 2.27 bits per heavy atom. The first kappa shape index (κ1) is 9.55. The summed E-state index contributed by atoms with van der Waals surface area (Å²) >= 11 is 2.08. The zero-order chi connectivity index (χ0) is 10.3. The molecule has 1 unspecified atom stereocenters. The van der Waals surface area contributed by atoms with E-state index in [1.165, 1.54) is 29.1 Å². The highest BCUT2D eigenvalue weighted by Gasteiger charge is 2.28. The zero-order valence-electron chi connectivity index (χ0n) is 8.78. The average Bonchev–Trinajstić information content (AvgIpc) is 2.86. The summed E-state index contributed by atoms with van der Waals surface area (Å²) < 4.78 is 0. The Morgan fingerprint density at radius 3 is 3.00 bits per heavy atom. The molecule has 0 radical (unpaired) electrons. The molecule has 0 spiro atoms. The summed E-state index contributed by atoms with van der Waals surface area (Å²) in [7, 11) is 0. The molecule has 1 aromatic rings. The number of nitrogens with two attached hydrogens (primary N) is 1. The Morgan fingerprint density at radius 1 is 1.33 bits per heavy atom. The normalized spacial score (nSPS) is 25.7. The van der Waals surface area contributed by atoms with Gasteiger partial charge in [-0.2, -0.15) is 11.8 Å². The second-order valence-electron chi connectivity index (χ2n) is 4.41. The topological polar surface area (TPSA) is 29.3 Å². The third-order valence-electron chi connectivity index (χ3n) is 3.47. The number of nitrogen functional groups attached to an aromatic ring is 1. The molecule has 2 nitrogen and oxygen atoms in total. The van der Waals surface area contributed by atoms with Crippen molar-refractivity contribution in [2.75, 3.05) is 17.2 Å². The summed E-state index contributed by atoms with van der Waals surface area (Å²) in [6.45, 7) is 2.17. The lowest BCUT2D eigenvalue weighted by Gasteiger charge is -2.22. The summed E-state index contributed by atoms with van der Waals surface area (Å²) in [5.41, 5.74) is 9.78. The van der Waals surface area contributed by atoms with Crippen LogP contribution < -0.4 is 5.73 Å². The van der Waals surface area contributed by atoms with Crippen molar-refractivity contribution in [1.82, 2.24) is 4.90 Å². The summed E-state index contributed by atoms with van der Waals surface area (Å²) in [5, 5.41) is 0. The van der Waals surface area contributed by atoms with Crippen molar-refractivity contribution in [1.29, 1.82) is 0 Å². The van der Waals surface area contributed by atoms with Gasteiger partial charge < -0.3 is 5.73 Å². The largest absolute Gasteiger partial charge is 0.398 e. The molecule has 80 valence electrons. The molecule has 15 heavy (non-hydrogen) atoms. The van der Waals surface area contributed by atoms with Crippen molar-refractivity contribution in [3.8, 4) is 0 Å². The molecule has 0 aliphatic carbocycles. The average molecular weight is 220 g/mol. The van der Waals surface area contributed by atoms with Crippen LogP contribution in [0.5, 0.6) is 0 Å². The van der Waals surface area contributed by atoms with Gasteiger partial charge >= 0.3 is 0 Å². The first-order valence-corrected chi connectivity index (χ1v) is 6.68. The van der Waals surface area contributed by atoms with Gasteiger partial charge in [0.25, 0.3) is 0 Å². The van der Waals surface area contributed by atoms with Gasteiger partial charge in [0.2, 0.25) is 0 Å². The minimum Gasteiger partial charge on any atom is -0.398 e. The van der Waals surface area contributed by atoms with E-state index in [-0.39, 0.29) is 0 Å². The van der Waals surface area contributed by atoms with Crippen molar-refractivity contribution in [3.63, 3.8) is 0 Å². The van der Waals surface area contributed by atoms with E-state index in [1.807, 2.05) is 6.07 Å². The van der Waals surface area contributed by atoms with Gasteiger partial charge in [0, 0.05) is 30.6 Å². The summed E-state index contributed by atoms with van der Waals surface area (Å²) in [6.07, 6.45) is 1.35. The van der Waals surface area contributed by atoms with Crippen LogP contribution in [0.15, 0.2) is 18.2 Å². The van der Waals surface area contributed by atoms with E-state index in [9.17, 15) is 0 Å². The molecule has 0 bridgehead atoms. The zero-order valence-corrected chi connectivity index (χ0v) is 9.59. The predicted molar refractivity (Wildman–Crippen MR) is 65.8 cm³/mol. The van der Waals surface area contributed by atoms with Crippen LogP contribution in [0.25, 0.3) is 0 Å². The lowest BCUT2D eigenvalue weighted by molar-refractivity contribution is 0.217. The maximum absolute atomic E-state index is 6.00. The molecular weight excluding hydrogens is 204 g/mol. The van der Waals surface area contributed by atoms with Crippen LogP contribution in [0.2, 0.25) is 0 Å². The molecule has 1 aromatic carbocycles. The van der Waals surface area contributed by atoms with Gasteiger partial charge in [-0.15, -0.1) is 0 Å². The molecule has 2 heterocycles. The van der Waals surface area contributed by atoms with Crippen LogP contribution in [-0.4, -0.2) is 22.4 Å². The number of nitrogens with zero attached hydrogens (tertiary/aromatic N) is 1. The number of anilines is 1. The van der Waals surface area contributed by atoms with E-state index in [2.05, 4.69) is 28.8 Å². The molecule has 1 atom stereocenters. The summed E-state index contributed by atoms with van der Waals surface area (Å²) in [4.78, 5) is 2.58. The second-order valence-corrected chi connectivity index (χ2v) is 5.56. The Kier molecular flexibility index (Phi) is 2.37. The summed E-state index contributed by atoms with van der Waals surface area (Å²) in [6, 6.07) is 7.09. The molecule has 0 saturated carbocycles. The van der Waals surface area contributed by atoms with Gasteiger partial charge in [0.1, 0.15) is 0 Å². The maximum atomic E-state index is 6.00.